The van der Waals surface area contributed by atoms with Crippen molar-refractivity contribution in [2.24, 2.45) is 4.99 Å². The van der Waals surface area contributed by atoms with Gasteiger partial charge < -0.3 is 9.80 Å². The normalized spacial score (nSPS) is 18.9. The highest BCUT2D eigenvalue weighted by Crippen LogP contribution is 2.24. The van der Waals surface area contributed by atoms with Crippen molar-refractivity contribution in [1.29, 1.82) is 0 Å². The molecule has 0 radical (unpaired) electrons. The van der Waals surface area contributed by atoms with Crippen LogP contribution in [0.1, 0.15) is 49.0 Å². The average molecular weight is 483 g/mol. The van der Waals surface area contributed by atoms with E-state index in [1.165, 1.54) is 0 Å². The summed E-state index contributed by atoms with van der Waals surface area (Å²) in [6.45, 7) is 6.08. The summed E-state index contributed by atoms with van der Waals surface area (Å²) >= 11 is 0. The van der Waals surface area contributed by atoms with Gasteiger partial charge in [-0.15, -0.1) is 0 Å². The molecule has 2 heterocycles. The lowest BCUT2D eigenvalue weighted by molar-refractivity contribution is -0.133. The number of nitrogens with zero attached hydrogens (tertiary/aromatic N) is 3. The third-order valence-corrected chi connectivity index (χ3v) is 7.69. The second-order valence-electron chi connectivity index (χ2n) is 8.65. The Kier molecular flexibility index (Phi) is 7.02. The van der Waals surface area contributed by atoms with Gasteiger partial charge in [-0.25, -0.2) is 8.42 Å². The van der Waals surface area contributed by atoms with Crippen LogP contribution >= 0.6 is 0 Å². The van der Waals surface area contributed by atoms with Gasteiger partial charge in [0.15, 0.2) is 5.78 Å². The molecule has 1 unspecified atom stereocenters. The second kappa shape index (κ2) is 9.97. The molecule has 9 heteroatoms. The molecule has 0 aromatic heterocycles. The first kappa shape index (κ1) is 23.9. The van der Waals surface area contributed by atoms with Gasteiger partial charge in [-0.05, 0) is 49.7 Å². The fraction of sp³-hybridized carbons (Fsp3) is 0.400. The number of benzene rings is 2. The molecule has 1 amide bonds. The van der Waals surface area contributed by atoms with E-state index >= 15 is 0 Å². The molecule has 2 aliphatic heterocycles. The molecule has 8 nitrogen and oxygen atoms in total. The predicted molar refractivity (Wildman–Crippen MR) is 132 cm³/mol. The molecule has 4 rings (SSSR count). The van der Waals surface area contributed by atoms with Gasteiger partial charge in [0.25, 0.3) is 10.0 Å². The van der Waals surface area contributed by atoms with Crippen LogP contribution in [0.3, 0.4) is 0 Å². The first-order valence-corrected chi connectivity index (χ1v) is 13.1. The molecule has 0 spiro atoms. The molecule has 2 aromatic carbocycles. The molecule has 2 aromatic rings. The van der Waals surface area contributed by atoms with Crippen molar-refractivity contribution in [3.8, 4) is 0 Å². The number of carbonyl (C=O) groups excluding carboxylic acids is 2. The van der Waals surface area contributed by atoms with E-state index in [4.69, 9.17) is 0 Å². The number of amides is 1. The number of aliphatic imine (C=N–C) groups is 1. The van der Waals surface area contributed by atoms with E-state index in [1.807, 2.05) is 29.2 Å². The summed E-state index contributed by atoms with van der Waals surface area (Å²) < 4.78 is 27.4. The molecule has 0 bridgehead atoms. The lowest BCUT2D eigenvalue weighted by atomic mass is 10.1. The number of amidine groups is 1. The van der Waals surface area contributed by atoms with Crippen molar-refractivity contribution >= 4 is 33.2 Å². The molecule has 34 heavy (non-hydrogen) atoms. The standard InChI is InChI=1S/C25H30N4O4S/c1-3-4-8-22(26-24-21-7-5-6-9-23(21)34(32,33)27-24)25(31)29-16-14-28(15-17-29)20-12-10-19(11-13-20)18(2)30/h5-7,9-13,22H,3-4,8,14-17H2,1-2H3,(H,26,27). The summed E-state index contributed by atoms with van der Waals surface area (Å²) in [6, 6.07) is 13.6. The van der Waals surface area contributed by atoms with Crippen LogP contribution < -0.4 is 9.62 Å². The van der Waals surface area contributed by atoms with Crippen LogP contribution in [-0.2, 0) is 14.8 Å². The molecule has 1 fully saturated rings. The SMILES string of the molecule is CCCCC(N=C1NS(=O)(=O)c2ccccc21)C(=O)N1CCN(c2ccc(C(C)=O)cc2)CC1. The van der Waals surface area contributed by atoms with Crippen LogP contribution in [0.15, 0.2) is 58.4 Å². The molecule has 1 saturated heterocycles. The highest BCUT2D eigenvalue weighted by molar-refractivity contribution is 7.90. The van der Waals surface area contributed by atoms with Crippen molar-refractivity contribution in [1.82, 2.24) is 9.62 Å². The van der Waals surface area contributed by atoms with E-state index in [2.05, 4.69) is 21.5 Å². The van der Waals surface area contributed by atoms with Gasteiger partial charge in [0.2, 0.25) is 5.91 Å². The van der Waals surface area contributed by atoms with Gasteiger partial charge in [-0.3, -0.25) is 19.3 Å². The zero-order valence-electron chi connectivity index (χ0n) is 19.5. The zero-order chi connectivity index (χ0) is 24.3. The Hall–Kier alpha value is -3.20. The number of sulfonamides is 1. The van der Waals surface area contributed by atoms with E-state index in [0.717, 1.165) is 18.5 Å². The van der Waals surface area contributed by atoms with Crippen molar-refractivity contribution in [2.75, 3.05) is 31.1 Å². The minimum atomic E-state index is -3.65. The number of ketones is 1. The maximum Gasteiger partial charge on any atom is 0.263 e. The number of unbranched alkanes of at least 4 members (excludes halogenated alkanes) is 1. The quantitative estimate of drug-likeness (QED) is 0.612. The number of piperazine rings is 1. The highest BCUT2D eigenvalue weighted by atomic mass is 32.2. The number of anilines is 1. The number of nitrogens with one attached hydrogen (secondary N) is 1. The minimum Gasteiger partial charge on any atom is -0.368 e. The Bertz CT molecular complexity index is 1200. The molecule has 1 atom stereocenters. The largest absolute Gasteiger partial charge is 0.368 e. The number of rotatable bonds is 7. The summed E-state index contributed by atoms with van der Waals surface area (Å²) in [5.41, 5.74) is 2.21. The van der Waals surface area contributed by atoms with E-state index in [9.17, 15) is 18.0 Å². The minimum absolute atomic E-state index is 0.0360. The van der Waals surface area contributed by atoms with Crippen molar-refractivity contribution in [3.05, 3.63) is 59.7 Å². The van der Waals surface area contributed by atoms with Gasteiger partial charge in [-0.2, -0.15) is 0 Å². The number of hydrogen-bond acceptors (Lipinski definition) is 6. The first-order valence-electron chi connectivity index (χ1n) is 11.6. The molecular weight excluding hydrogens is 452 g/mol. The zero-order valence-corrected chi connectivity index (χ0v) is 20.3. The van der Waals surface area contributed by atoms with Crippen molar-refractivity contribution in [2.45, 2.75) is 44.0 Å². The van der Waals surface area contributed by atoms with Gasteiger partial charge in [0.05, 0.1) is 4.90 Å². The second-order valence-corrected chi connectivity index (χ2v) is 10.3. The third kappa shape index (κ3) is 4.99. The van der Waals surface area contributed by atoms with Crippen molar-refractivity contribution < 1.29 is 18.0 Å². The molecule has 2 aliphatic rings. The Balaban J connectivity index is 1.48. The lowest BCUT2D eigenvalue weighted by Crippen LogP contribution is -2.51. The Morgan fingerprint density at radius 2 is 1.71 bits per heavy atom. The van der Waals surface area contributed by atoms with Crippen LogP contribution in [0.2, 0.25) is 0 Å². The van der Waals surface area contributed by atoms with Gasteiger partial charge in [0, 0.05) is 43.0 Å². The maximum atomic E-state index is 13.4. The van der Waals surface area contributed by atoms with Gasteiger partial charge >= 0.3 is 0 Å². The lowest BCUT2D eigenvalue weighted by Gasteiger charge is -2.37. The Morgan fingerprint density at radius 1 is 1.03 bits per heavy atom. The Morgan fingerprint density at radius 3 is 2.35 bits per heavy atom. The van der Waals surface area contributed by atoms with Crippen LogP contribution in [-0.4, -0.2) is 63.1 Å². The number of fused-ring (bicyclic) bond motifs is 1. The van der Waals surface area contributed by atoms with Crippen LogP contribution in [0.25, 0.3) is 0 Å². The fourth-order valence-corrected chi connectivity index (χ4v) is 5.57. The van der Waals surface area contributed by atoms with E-state index in [0.29, 0.717) is 43.7 Å². The number of Topliss-reactive ketones (excluding diaryl/α,β-unsaturated/α-hetero) is 1. The summed E-state index contributed by atoms with van der Waals surface area (Å²) in [7, 11) is -3.65. The number of hydrogen-bond donors (Lipinski definition) is 1. The van der Waals surface area contributed by atoms with E-state index < -0.39 is 16.1 Å². The smallest absolute Gasteiger partial charge is 0.263 e. The van der Waals surface area contributed by atoms with E-state index in [1.54, 1.807) is 31.2 Å². The fourth-order valence-electron chi connectivity index (χ4n) is 4.33. The summed E-state index contributed by atoms with van der Waals surface area (Å²) in [5, 5.41) is 0. The maximum absolute atomic E-state index is 13.4. The monoisotopic (exact) mass is 482 g/mol. The topological polar surface area (TPSA) is 99.1 Å². The average Bonchev–Trinajstić information content (AvgIpc) is 3.11. The predicted octanol–water partition coefficient (Wildman–Crippen LogP) is 2.84. The molecular formula is C25H30N4O4S. The van der Waals surface area contributed by atoms with Crippen LogP contribution in [0.5, 0.6) is 0 Å². The molecule has 0 saturated carbocycles. The molecule has 180 valence electrons. The summed E-state index contributed by atoms with van der Waals surface area (Å²) in [6.07, 6.45) is 2.31. The van der Waals surface area contributed by atoms with Crippen LogP contribution in [0, 0.1) is 0 Å². The van der Waals surface area contributed by atoms with Crippen molar-refractivity contribution in [3.63, 3.8) is 0 Å². The Labute approximate surface area is 200 Å². The molecule has 1 N–H and O–H groups in total. The molecule has 0 aliphatic carbocycles. The number of carbonyl (C=O) groups is 2. The van der Waals surface area contributed by atoms with Gasteiger partial charge in [0.1, 0.15) is 11.9 Å². The first-order chi connectivity index (χ1) is 16.3. The van der Waals surface area contributed by atoms with Crippen LogP contribution in [0.4, 0.5) is 5.69 Å². The van der Waals surface area contributed by atoms with E-state index in [-0.39, 0.29) is 22.4 Å². The summed E-state index contributed by atoms with van der Waals surface area (Å²) in [5.74, 6) is 0.208. The summed E-state index contributed by atoms with van der Waals surface area (Å²) in [4.78, 5) is 33.8. The highest BCUT2D eigenvalue weighted by Gasteiger charge is 2.33. The van der Waals surface area contributed by atoms with Gasteiger partial charge in [-0.1, -0.05) is 31.9 Å². The third-order valence-electron chi connectivity index (χ3n) is 6.29.